The van der Waals surface area contributed by atoms with Gasteiger partial charge in [-0.05, 0) is 49.2 Å². The van der Waals surface area contributed by atoms with E-state index in [4.69, 9.17) is 5.73 Å². The molecule has 0 aliphatic rings. The molecule has 0 aliphatic heterocycles. The minimum atomic E-state index is -0.00296. The number of aryl methyl sites for hydroxylation is 1. The molecule has 21 heavy (non-hydrogen) atoms. The summed E-state index contributed by atoms with van der Waals surface area (Å²) in [7, 11) is 0. The van der Waals surface area contributed by atoms with Crippen molar-refractivity contribution in [1.29, 1.82) is 0 Å². The standard InChI is InChI=1S/C17H20N2OS/c1-12-5-3-7-15(9-12)19-17(20)11-21-16-8-4-6-14(10-16)13(2)18/h3-10,13H,11,18H2,1-2H3,(H,19,20). The van der Waals surface area contributed by atoms with Crippen LogP contribution in [-0.2, 0) is 4.79 Å². The summed E-state index contributed by atoms with van der Waals surface area (Å²) in [6.07, 6.45) is 0. The number of hydrogen-bond donors (Lipinski definition) is 2. The lowest BCUT2D eigenvalue weighted by Gasteiger charge is -2.08. The van der Waals surface area contributed by atoms with Crippen LogP contribution in [0.3, 0.4) is 0 Å². The van der Waals surface area contributed by atoms with Gasteiger partial charge in [-0.25, -0.2) is 0 Å². The van der Waals surface area contributed by atoms with Gasteiger partial charge in [0.1, 0.15) is 0 Å². The molecule has 4 heteroatoms. The molecule has 2 aromatic rings. The van der Waals surface area contributed by atoms with E-state index in [2.05, 4.69) is 5.32 Å². The third kappa shape index (κ3) is 4.92. The number of carbonyl (C=O) groups excluding carboxylic acids is 1. The highest BCUT2D eigenvalue weighted by Gasteiger charge is 2.05. The molecule has 0 spiro atoms. The fraction of sp³-hybridized carbons (Fsp3) is 0.235. The zero-order valence-corrected chi connectivity index (χ0v) is 13.1. The van der Waals surface area contributed by atoms with E-state index in [0.717, 1.165) is 21.7 Å². The third-order valence-corrected chi connectivity index (χ3v) is 4.05. The first kappa shape index (κ1) is 15.6. The lowest BCUT2D eigenvalue weighted by atomic mass is 10.1. The summed E-state index contributed by atoms with van der Waals surface area (Å²) in [5.74, 6) is 0.382. The number of rotatable bonds is 5. The largest absolute Gasteiger partial charge is 0.325 e. The Balaban J connectivity index is 1.90. The Morgan fingerprint density at radius 2 is 2.00 bits per heavy atom. The molecular formula is C17H20N2OS. The van der Waals surface area contributed by atoms with Crippen LogP contribution in [0.4, 0.5) is 5.69 Å². The smallest absolute Gasteiger partial charge is 0.234 e. The van der Waals surface area contributed by atoms with Crippen LogP contribution in [0.2, 0.25) is 0 Å². The molecule has 2 aromatic carbocycles. The molecule has 0 bridgehead atoms. The number of amides is 1. The molecule has 0 aliphatic carbocycles. The third-order valence-electron chi connectivity index (χ3n) is 3.06. The Labute approximate surface area is 129 Å². The second-order valence-corrected chi connectivity index (χ2v) is 6.12. The second kappa shape index (κ2) is 7.29. The number of hydrogen-bond acceptors (Lipinski definition) is 3. The van der Waals surface area contributed by atoms with E-state index >= 15 is 0 Å². The van der Waals surface area contributed by atoms with Gasteiger partial charge in [-0.15, -0.1) is 11.8 Å². The Bertz CT molecular complexity index is 626. The van der Waals surface area contributed by atoms with Crippen LogP contribution in [0, 0.1) is 6.92 Å². The van der Waals surface area contributed by atoms with Gasteiger partial charge < -0.3 is 11.1 Å². The highest BCUT2D eigenvalue weighted by atomic mass is 32.2. The molecule has 110 valence electrons. The van der Waals surface area contributed by atoms with Crippen LogP contribution in [0.5, 0.6) is 0 Å². The van der Waals surface area contributed by atoms with Gasteiger partial charge in [0.25, 0.3) is 0 Å². The Kier molecular flexibility index (Phi) is 5.42. The van der Waals surface area contributed by atoms with E-state index < -0.39 is 0 Å². The topological polar surface area (TPSA) is 55.1 Å². The minimum absolute atomic E-state index is 0.00296. The first-order valence-electron chi connectivity index (χ1n) is 6.89. The minimum Gasteiger partial charge on any atom is -0.325 e. The van der Waals surface area contributed by atoms with Crippen molar-refractivity contribution >= 4 is 23.4 Å². The summed E-state index contributed by atoms with van der Waals surface area (Å²) in [6, 6.07) is 15.8. The first-order chi connectivity index (χ1) is 10.0. The van der Waals surface area contributed by atoms with E-state index in [1.54, 1.807) is 0 Å². The average molecular weight is 300 g/mol. The molecular weight excluding hydrogens is 280 g/mol. The van der Waals surface area contributed by atoms with Crippen molar-refractivity contribution < 1.29 is 4.79 Å². The summed E-state index contributed by atoms with van der Waals surface area (Å²) in [6.45, 7) is 3.96. The summed E-state index contributed by atoms with van der Waals surface area (Å²) >= 11 is 1.52. The van der Waals surface area contributed by atoms with Crippen LogP contribution < -0.4 is 11.1 Å². The Morgan fingerprint density at radius 3 is 2.71 bits per heavy atom. The lowest BCUT2D eigenvalue weighted by molar-refractivity contribution is -0.113. The number of nitrogens with one attached hydrogen (secondary N) is 1. The molecule has 0 aromatic heterocycles. The summed E-state index contributed by atoms with van der Waals surface area (Å²) < 4.78 is 0. The van der Waals surface area contributed by atoms with Crippen LogP contribution in [0.15, 0.2) is 53.4 Å². The second-order valence-electron chi connectivity index (χ2n) is 5.07. The van der Waals surface area contributed by atoms with E-state index in [1.807, 2.05) is 62.4 Å². The van der Waals surface area contributed by atoms with Gasteiger partial charge in [0, 0.05) is 16.6 Å². The van der Waals surface area contributed by atoms with Crippen molar-refractivity contribution in [3.05, 3.63) is 59.7 Å². The van der Waals surface area contributed by atoms with E-state index in [-0.39, 0.29) is 11.9 Å². The van der Waals surface area contributed by atoms with Crippen molar-refractivity contribution in [3.8, 4) is 0 Å². The molecule has 1 atom stereocenters. The summed E-state index contributed by atoms with van der Waals surface area (Å²) in [5.41, 5.74) is 8.92. The van der Waals surface area contributed by atoms with Gasteiger partial charge in [0.05, 0.1) is 5.75 Å². The molecule has 0 radical (unpaired) electrons. The van der Waals surface area contributed by atoms with Crippen molar-refractivity contribution in [2.75, 3.05) is 11.1 Å². The van der Waals surface area contributed by atoms with Crippen LogP contribution in [0.1, 0.15) is 24.1 Å². The normalized spacial score (nSPS) is 12.0. The lowest BCUT2D eigenvalue weighted by Crippen LogP contribution is -2.14. The molecule has 0 fully saturated rings. The van der Waals surface area contributed by atoms with Gasteiger partial charge in [0.15, 0.2) is 0 Å². The number of benzene rings is 2. The SMILES string of the molecule is Cc1cccc(NC(=O)CSc2cccc(C(C)N)c2)c1. The fourth-order valence-electron chi connectivity index (χ4n) is 1.96. The van der Waals surface area contributed by atoms with Gasteiger partial charge in [-0.2, -0.15) is 0 Å². The van der Waals surface area contributed by atoms with Crippen molar-refractivity contribution in [2.24, 2.45) is 5.73 Å². The molecule has 0 saturated carbocycles. The molecule has 1 unspecified atom stereocenters. The van der Waals surface area contributed by atoms with Crippen LogP contribution in [0.25, 0.3) is 0 Å². The van der Waals surface area contributed by atoms with Crippen LogP contribution in [-0.4, -0.2) is 11.7 Å². The maximum Gasteiger partial charge on any atom is 0.234 e. The molecule has 0 heterocycles. The molecule has 1 amide bonds. The maximum atomic E-state index is 12.0. The first-order valence-corrected chi connectivity index (χ1v) is 7.88. The molecule has 3 nitrogen and oxygen atoms in total. The maximum absolute atomic E-state index is 12.0. The number of nitrogens with two attached hydrogens (primary N) is 1. The fourth-order valence-corrected chi connectivity index (χ4v) is 2.72. The van der Waals surface area contributed by atoms with Crippen LogP contribution >= 0.6 is 11.8 Å². The molecule has 3 N–H and O–H groups in total. The van der Waals surface area contributed by atoms with E-state index in [9.17, 15) is 4.79 Å². The van der Waals surface area contributed by atoms with E-state index in [0.29, 0.717) is 5.75 Å². The predicted octanol–water partition coefficient (Wildman–Crippen LogP) is 3.75. The zero-order valence-electron chi connectivity index (χ0n) is 12.3. The average Bonchev–Trinajstić information content (AvgIpc) is 2.45. The predicted molar refractivity (Wildman–Crippen MR) is 89.6 cm³/mol. The van der Waals surface area contributed by atoms with E-state index in [1.165, 1.54) is 11.8 Å². The highest BCUT2D eigenvalue weighted by molar-refractivity contribution is 8.00. The summed E-state index contributed by atoms with van der Waals surface area (Å²) in [5, 5.41) is 2.91. The molecule has 2 rings (SSSR count). The Morgan fingerprint density at radius 1 is 1.24 bits per heavy atom. The van der Waals surface area contributed by atoms with Gasteiger partial charge in [-0.1, -0.05) is 24.3 Å². The van der Waals surface area contributed by atoms with Crippen molar-refractivity contribution in [2.45, 2.75) is 24.8 Å². The quantitative estimate of drug-likeness (QED) is 0.827. The monoisotopic (exact) mass is 300 g/mol. The van der Waals surface area contributed by atoms with Gasteiger partial charge >= 0.3 is 0 Å². The Hall–Kier alpha value is -1.78. The highest BCUT2D eigenvalue weighted by Crippen LogP contribution is 2.22. The number of thioether (sulfide) groups is 1. The zero-order chi connectivity index (χ0) is 15.2. The van der Waals surface area contributed by atoms with Crippen molar-refractivity contribution in [3.63, 3.8) is 0 Å². The number of carbonyl (C=O) groups is 1. The van der Waals surface area contributed by atoms with Gasteiger partial charge in [0.2, 0.25) is 5.91 Å². The van der Waals surface area contributed by atoms with Crippen molar-refractivity contribution in [1.82, 2.24) is 0 Å². The molecule has 0 saturated heterocycles. The van der Waals surface area contributed by atoms with Gasteiger partial charge in [-0.3, -0.25) is 4.79 Å². The summed E-state index contributed by atoms with van der Waals surface area (Å²) in [4.78, 5) is 13.0. The number of anilines is 1.